The zero-order valence-electron chi connectivity index (χ0n) is 16.4. The maximum absolute atomic E-state index is 5.60. The van der Waals surface area contributed by atoms with Gasteiger partial charge in [0.15, 0.2) is 5.11 Å². The molecule has 3 N–H and O–H groups in total. The molecule has 1 aliphatic heterocycles. The van der Waals surface area contributed by atoms with Gasteiger partial charge in [-0.05, 0) is 56.2 Å². The quantitative estimate of drug-likeness (QED) is 0.693. The lowest BCUT2D eigenvalue weighted by molar-refractivity contribution is -0.940. The van der Waals surface area contributed by atoms with Crippen LogP contribution < -0.4 is 15.5 Å². The van der Waals surface area contributed by atoms with Gasteiger partial charge in [0.05, 0.1) is 19.3 Å². The minimum atomic E-state index is 0.201. The summed E-state index contributed by atoms with van der Waals surface area (Å²) < 4.78 is 5.57. The summed E-state index contributed by atoms with van der Waals surface area (Å²) in [5, 5.41) is 7.52. The molecule has 0 amide bonds. The molecule has 4 nitrogen and oxygen atoms in total. The summed E-state index contributed by atoms with van der Waals surface area (Å²) in [6.07, 6.45) is 0. The summed E-state index contributed by atoms with van der Waals surface area (Å²) in [4.78, 5) is 1.54. The van der Waals surface area contributed by atoms with Gasteiger partial charge in [-0.3, -0.25) is 0 Å². The lowest BCUT2D eigenvalue weighted by atomic mass is 9.98. The van der Waals surface area contributed by atoms with E-state index >= 15 is 0 Å². The molecule has 5 heteroatoms. The summed E-state index contributed by atoms with van der Waals surface area (Å²) >= 11 is 5.60. The molecule has 0 unspecified atom stereocenters. The van der Waals surface area contributed by atoms with E-state index in [1.54, 1.807) is 4.90 Å². The molecule has 0 radical (unpaired) electrons. The van der Waals surface area contributed by atoms with Gasteiger partial charge in [0.1, 0.15) is 19.1 Å². The van der Waals surface area contributed by atoms with E-state index in [1.165, 1.54) is 16.7 Å². The predicted molar refractivity (Wildman–Crippen MR) is 115 cm³/mol. The maximum Gasteiger partial charge on any atom is 0.171 e. The first-order valence-electron chi connectivity index (χ1n) is 9.66. The molecule has 27 heavy (non-hydrogen) atoms. The Morgan fingerprint density at radius 1 is 1.04 bits per heavy atom. The Morgan fingerprint density at radius 3 is 2.41 bits per heavy atom. The number of rotatable bonds is 5. The van der Waals surface area contributed by atoms with E-state index < -0.39 is 0 Å². The number of quaternary nitrogens is 1. The van der Waals surface area contributed by atoms with Crippen molar-refractivity contribution in [1.82, 2.24) is 5.32 Å². The number of morpholine rings is 1. The molecule has 2 aromatic carbocycles. The van der Waals surface area contributed by atoms with Crippen molar-refractivity contribution in [1.29, 1.82) is 0 Å². The highest BCUT2D eigenvalue weighted by Crippen LogP contribution is 2.16. The first kappa shape index (κ1) is 19.8. The van der Waals surface area contributed by atoms with Crippen LogP contribution in [0.3, 0.4) is 0 Å². The van der Waals surface area contributed by atoms with Crippen molar-refractivity contribution in [2.75, 3.05) is 31.6 Å². The predicted octanol–water partition coefficient (Wildman–Crippen LogP) is 2.63. The maximum atomic E-state index is 5.60. The molecule has 0 spiro atoms. The number of hydrogen-bond donors (Lipinski definition) is 3. The monoisotopic (exact) mass is 384 g/mol. The summed E-state index contributed by atoms with van der Waals surface area (Å²) in [6, 6.07) is 17.6. The minimum absolute atomic E-state index is 0.201. The molecule has 1 heterocycles. The second-order valence-electron chi connectivity index (χ2n) is 7.35. The summed E-state index contributed by atoms with van der Waals surface area (Å²) in [7, 11) is 0. The average molecular weight is 385 g/mol. The van der Waals surface area contributed by atoms with Crippen LogP contribution in [0.15, 0.2) is 48.5 Å². The molecule has 0 bridgehead atoms. The standard InChI is InChI=1S/C22H29N3OS/c1-16-9-10-20(15-17(16)2)24-22(27)23-18(3)21(19-7-5-4-6-8-19)25-11-13-26-14-12-25/h4-10,15,18,21H,11-14H2,1-3H3,(H2,23,24,27)/p+1/t18-,21-/m0/s1. The minimum Gasteiger partial charge on any atom is -0.370 e. The van der Waals surface area contributed by atoms with Crippen LogP contribution in [0.4, 0.5) is 5.69 Å². The highest BCUT2D eigenvalue weighted by molar-refractivity contribution is 7.80. The molecule has 0 aliphatic carbocycles. The molecule has 144 valence electrons. The van der Waals surface area contributed by atoms with Crippen molar-refractivity contribution in [3.63, 3.8) is 0 Å². The van der Waals surface area contributed by atoms with Gasteiger partial charge < -0.3 is 20.3 Å². The first-order valence-corrected chi connectivity index (χ1v) is 10.1. The molecular formula is C22H30N3OS+. The van der Waals surface area contributed by atoms with Crippen LogP contribution in [0.2, 0.25) is 0 Å². The zero-order valence-corrected chi connectivity index (χ0v) is 17.2. The SMILES string of the molecule is Cc1ccc(NC(=S)N[C@@H](C)[C@@H](c2ccccc2)[NH+]2CCOCC2)cc1C. The smallest absolute Gasteiger partial charge is 0.171 e. The Balaban J connectivity index is 1.70. The van der Waals surface area contributed by atoms with Crippen LogP contribution >= 0.6 is 12.2 Å². The highest BCUT2D eigenvalue weighted by Gasteiger charge is 2.31. The largest absolute Gasteiger partial charge is 0.370 e. The summed E-state index contributed by atoms with van der Waals surface area (Å²) in [5.41, 5.74) is 4.91. The molecule has 2 atom stereocenters. The number of aryl methyl sites for hydroxylation is 2. The summed E-state index contributed by atoms with van der Waals surface area (Å²) in [6.45, 7) is 10.1. The lowest BCUT2D eigenvalue weighted by Gasteiger charge is -2.35. The van der Waals surface area contributed by atoms with Crippen LogP contribution in [0.25, 0.3) is 0 Å². The lowest BCUT2D eigenvalue weighted by Crippen LogP contribution is -3.15. The third-order valence-corrected chi connectivity index (χ3v) is 5.58. The fourth-order valence-electron chi connectivity index (χ4n) is 3.76. The van der Waals surface area contributed by atoms with Gasteiger partial charge in [0.2, 0.25) is 0 Å². The molecule has 2 aromatic rings. The number of anilines is 1. The van der Waals surface area contributed by atoms with E-state index in [4.69, 9.17) is 17.0 Å². The Morgan fingerprint density at radius 2 is 1.74 bits per heavy atom. The number of ether oxygens (including phenoxy) is 1. The highest BCUT2D eigenvalue weighted by atomic mass is 32.1. The van der Waals surface area contributed by atoms with Crippen LogP contribution in [-0.2, 0) is 4.74 Å². The van der Waals surface area contributed by atoms with Gasteiger partial charge in [-0.15, -0.1) is 0 Å². The van der Waals surface area contributed by atoms with Crippen molar-refractivity contribution in [2.24, 2.45) is 0 Å². The number of benzene rings is 2. The average Bonchev–Trinajstić information content (AvgIpc) is 2.66. The second-order valence-corrected chi connectivity index (χ2v) is 7.75. The summed E-state index contributed by atoms with van der Waals surface area (Å²) in [5.74, 6) is 0. The molecule has 1 fully saturated rings. The van der Waals surface area contributed by atoms with E-state index in [0.717, 1.165) is 32.0 Å². The van der Waals surface area contributed by atoms with Crippen molar-refractivity contribution in [3.8, 4) is 0 Å². The van der Waals surface area contributed by atoms with Crippen LogP contribution in [0.1, 0.15) is 29.7 Å². The molecule has 0 aromatic heterocycles. The Labute approximate surface area is 167 Å². The van der Waals surface area contributed by atoms with E-state index in [9.17, 15) is 0 Å². The molecule has 1 aliphatic rings. The van der Waals surface area contributed by atoms with Crippen molar-refractivity contribution >= 4 is 23.0 Å². The third kappa shape index (κ3) is 5.28. The van der Waals surface area contributed by atoms with E-state index in [-0.39, 0.29) is 6.04 Å². The van der Waals surface area contributed by atoms with Crippen molar-refractivity contribution in [3.05, 3.63) is 65.2 Å². The van der Waals surface area contributed by atoms with Gasteiger partial charge in [-0.2, -0.15) is 0 Å². The number of hydrogen-bond acceptors (Lipinski definition) is 2. The van der Waals surface area contributed by atoms with Crippen LogP contribution in [-0.4, -0.2) is 37.5 Å². The van der Waals surface area contributed by atoms with Crippen molar-refractivity contribution in [2.45, 2.75) is 32.9 Å². The fraction of sp³-hybridized carbons (Fsp3) is 0.409. The van der Waals surface area contributed by atoms with E-state index in [1.807, 2.05) is 0 Å². The van der Waals surface area contributed by atoms with E-state index in [0.29, 0.717) is 11.2 Å². The fourth-order valence-corrected chi connectivity index (χ4v) is 4.06. The Bertz CT molecular complexity index is 759. The second kappa shape index (κ2) is 9.31. The number of thiocarbonyl (C=S) groups is 1. The molecule has 1 saturated heterocycles. The molecule has 0 saturated carbocycles. The van der Waals surface area contributed by atoms with Gasteiger partial charge >= 0.3 is 0 Å². The van der Waals surface area contributed by atoms with Gasteiger partial charge in [-0.25, -0.2) is 0 Å². The van der Waals surface area contributed by atoms with Gasteiger partial charge in [-0.1, -0.05) is 36.4 Å². The van der Waals surface area contributed by atoms with Gasteiger partial charge in [0, 0.05) is 11.3 Å². The topological polar surface area (TPSA) is 37.7 Å². The van der Waals surface area contributed by atoms with Gasteiger partial charge in [0.25, 0.3) is 0 Å². The first-order chi connectivity index (χ1) is 13.0. The Hall–Kier alpha value is -1.95. The van der Waals surface area contributed by atoms with Crippen LogP contribution in [0, 0.1) is 13.8 Å². The molecule has 3 rings (SSSR count). The van der Waals surface area contributed by atoms with Crippen LogP contribution in [0.5, 0.6) is 0 Å². The Kier molecular flexibility index (Phi) is 6.83. The zero-order chi connectivity index (χ0) is 19.2. The number of nitrogens with one attached hydrogen (secondary N) is 3. The third-order valence-electron chi connectivity index (χ3n) is 5.36. The normalized spacial score (nSPS) is 17.1. The molecular weight excluding hydrogens is 354 g/mol. The van der Waals surface area contributed by atoms with E-state index in [2.05, 4.69) is 79.9 Å². The van der Waals surface area contributed by atoms with Crippen molar-refractivity contribution < 1.29 is 9.64 Å².